The van der Waals surface area contributed by atoms with Crippen molar-refractivity contribution in [1.29, 1.82) is 0 Å². The quantitative estimate of drug-likeness (QED) is 0.747. The summed E-state index contributed by atoms with van der Waals surface area (Å²) in [4.78, 5) is 28.1. The van der Waals surface area contributed by atoms with Crippen molar-refractivity contribution in [2.45, 2.75) is 26.2 Å². The lowest BCUT2D eigenvalue weighted by Crippen LogP contribution is -2.50. The van der Waals surface area contributed by atoms with Crippen LogP contribution in [-0.2, 0) is 4.79 Å². The van der Waals surface area contributed by atoms with Crippen LogP contribution in [-0.4, -0.2) is 55.9 Å². The van der Waals surface area contributed by atoms with Crippen LogP contribution in [0.1, 0.15) is 36.5 Å². The van der Waals surface area contributed by atoms with E-state index < -0.39 is 0 Å². The Balaban J connectivity index is 0.00000140. The van der Waals surface area contributed by atoms with Crippen LogP contribution in [0.3, 0.4) is 0 Å². The maximum atomic E-state index is 14.3. The van der Waals surface area contributed by atoms with Gasteiger partial charge in [-0.25, -0.2) is 4.39 Å². The van der Waals surface area contributed by atoms with Crippen LogP contribution in [0, 0.1) is 17.2 Å². The van der Waals surface area contributed by atoms with Crippen molar-refractivity contribution in [1.82, 2.24) is 10.2 Å². The van der Waals surface area contributed by atoms with Crippen LogP contribution in [0.2, 0.25) is 0 Å². The van der Waals surface area contributed by atoms with Gasteiger partial charge in [0.05, 0.1) is 5.69 Å². The van der Waals surface area contributed by atoms with Gasteiger partial charge in [-0.3, -0.25) is 9.59 Å². The van der Waals surface area contributed by atoms with E-state index >= 15 is 0 Å². The van der Waals surface area contributed by atoms with Gasteiger partial charge in [-0.1, -0.05) is 0 Å². The third-order valence-electron chi connectivity index (χ3n) is 6.37. The number of nitrogens with zero attached hydrogens (tertiary/aromatic N) is 2. The number of piperidine rings is 1. The summed E-state index contributed by atoms with van der Waals surface area (Å²) < 4.78 is 14.3. The van der Waals surface area contributed by atoms with Crippen LogP contribution in [0.15, 0.2) is 18.2 Å². The zero-order valence-electron chi connectivity index (χ0n) is 16.1. The molecule has 1 saturated carbocycles. The van der Waals surface area contributed by atoms with Crippen molar-refractivity contribution in [2.24, 2.45) is 11.3 Å². The first-order valence-electron chi connectivity index (χ1n) is 9.55. The zero-order chi connectivity index (χ0) is 18.3. The van der Waals surface area contributed by atoms with E-state index in [0.29, 0.717) is 43.3 Å². The number of amides is 1. The molecule has 1 N–H and O–H groups in total. The molecule has 28 heavy (non-hydrogen) atoms. The topological polar surface area (TPSA) is 52.7 Å². The molecule has 2 heterocycles. The molecule has 1 unspecified atom stereocenters. The van der Waals surface area contributed by atoms with E-state index in [1.807, 2.05) is 9.80 Å². The molecule has 156 valence electrons. The number of hydrogen-bond donors (Lipinski definition) is 1. The van der Waals surface area contributed by atoms with Crippen LogP contribution < -0.4 is 10.2 Å². The Kier molecular flexibility index (Phi) is 7.34. The standard InChI is InChI=1S/C20H26FN3O2.2ClH/c1-14(25)15-2-3-18(17(21)12-15)23-8-10-24(11-9-23)19(26)16-13-20(16)4-6-22-7-5-20;;/h2-3,12,16,22H,4-11,13H2,1H3;2*1H. The molecule has 3 aliphatic rings. The fourth-order valence-electron chi connectivity index (χ4n) is 4.54. The molecule has 4 rings (SSSR count). The van der Waals surface area contributed by atoms with Gasteiger partial charge >= 0.3 is 0 Å². The summed E-state index contributed by atoms with van der Waals surface area (Å²) in [6.45, 7) is 6.01. The lowest BCUT2D eigenvalue weighted by Gasteiger charge is -2.37. The van der Waals surface area contributed by atoms with Gasteiger partial charge in [0, 0.05) is 37.7 Å². The monoisotopic (exact) mass is 431 g/mol. The number of rotatable bonds is 3. The van der Waals surface area contributed by atoms with Gasteiger partial charge in [-0.2, -0.15) is 0 Å². The number of nitrogens with one attached hydrogen (secondary N) is 1. The van der Waals surface area contributed by atoms with E-state index in [0.717, 1.165) is 32.4 Å². The Hall–Kier alpha value is -1.37. The minimum absolute atomic E-state index is 0. The molecule has 2 saturated heterocycles. The largest absolute Gasteiger partial charge is 0.366 e. The first kappa shape index (κ1) is 22.9. The van der Waals surface area contributed by atoms with Gasteiger partial charge in [0.15, 0.2) is 5.78 Å². The van der Waals surface area contributed by atoms with Crippen molar-refractivity contribution in [3.05, 3.63) is 29.6 Å². The summed E-state index contributed by atoms with van der Waals surface area (Å²) in [7, 11) is 0. The van der Waals surface area contributed by atoms with E-state index in [2.05, 4.69) is 5.32 Å². The Morgan fingerprint density at radius 3 is 2.32 bits per heavy atom. The average Bonchev–Trinajstić information content (AvgIpc) is 3.34. The van der Waals surface area contributed by atoms with Crippen LogP contribution in [0.4, 0.5) is 10.1 Å². The summed E-state index contributed by atoms with van der Waals surface area (Å²) >= 11 is 0. The van der Waals surface area contributed by atoms with Crippen LogP contribution in [0.25, 0.3) is 0 Å². The highest BCUT2D eigenvalue weighted by molar-refractivity contribution is 5.94. The SMILES string of the molecule is CC(=O)c1ccc(N2CCN(C(=O)C3CC34CCNCC4)CC2)c(F)c1.Cl.Cl. The van der Waals surface area contributed by atoms with Crippen LogP contribution >= 0.6 is 24.8 Å². The molecule has 1 spiro atoms. The third-order valence-corrected chi connectivity index (χ3v) is 6.37. The summed E-state index contributed by atoms with van der Waals surface area (Å²) in [5, 5.41) is 3.37. The predicted octanol–water partition coefficient (Wildman–Crippen LogP) is 2.91. The smallest absolute Gasteiger partial charge is 0.226 e. The average molecular weight is 432 g/mol. The number of hydrogen-bond acceptors (Lipinski definition) is 4. The van der Waals surface area contributed by atoms with Crippen molar-refractivity contribution >= 4 is 42.2 Å². The number of carbonyl (C=O) groups is 2. The molecule has 0 radical (unpaired) electrons. The zero-order valence-corrected chi connectivity index (χ0v) is 17.7. The molecule has 0 bridgehead atoms. The fraction of sp³-hybridized carbons (Fsp3) is 0.600. The van der Waals surface area contributed by atoms with Crippen molar-refractivity contribution in [2.75, 3.05) is 44.2 Å². The Morgan fingerprint density at radius 2 is 1.75 bits per heavy atom. The van der Waals surface area contributed by atoms with Gasteiger partial charge in [0.1, 0.15) is 5.82 Å². The van der Waals surface area contributed by atoms with Gasteiger partial charge in [-0.05, 0) is 62.9 Å². The molecule has 3 fully saturated rings. The highest BCUT2D eigenvalue weighted by atomic mass is 35.5. The molecule has 8 heteroatoms. The minimum atomic E-state index is -0.367. The molecule has 0 aromatic heterocycles. The highest BCUT2D eigenvalue weighted by Gasteiger charge is 2.58. The molecule has 1 aliphatic carbocycles. The number of anilines is 1. The molecular formula is C20H28Cl2FN3O2. The van der Waals surface area contributed by atoms with E-state index in [1.54, 1.807) is 12.1 Å². The lowest BCUT2D eigenvalue weighted by atomic mass is 9.91. The second-order valence-corrected chi connectivity index (χ2v) is 7.90. The van der Waals surface area contributed by atoms with E-state index in [-0.39, 0.29) is 47.7 Å². The highest BCUT2D eigenvalue weighted by Crippen LogP contribution is 2.59. The van der Waals surface area contributed by atoms with E-state index in [1.165, 1.54) is 13.0 Å². The second-order valence-electron chi connectivity index (χ2n) is 7.90. The Labute approximate surface area is 177 Å². The summed E-state index contributed by atoms with van der Waals surface area (Å²) in [6.07, 6.45) is 3.25. The van der Waals surface area contributed by atoms with E-state index in [4.69, 9.17) is 0 Å². The first-order valence-corrected chi connectivity index (χ1v) is 9.55. The maximum Gasteiger partial charge on any atom is 0.226 e. The molecular weight excluding hydrogens is 404 g/mol. The Morgan fingerprint density at radius 1 is 1.11 bits per heavy atom. The molecule has 5 nitrogen and oxygen atoms in total. The maximum absolute atomic E-state index is 14.3. The summed E-state index contributed by atoms with van der Waals surface area (Å²) in [5.74, 6) is -0.0165. The molecule has 1 amide bonds. The van der Waals surface area contributed by atoms with Gasteiger partial charge in [0.2, 0.25) is 5.91 Å². The Bertz CT molecular complexity index is 732. The molecule has 1 aromatic carbocycles. The number of benzene rings is 1. The fourth-order valence-corrected chi connectivity index (χ4v) is 4.54. The van der Waals surface area contributed by atoms with E-state index in [9.17, 15) is 14.0 Å². The predicted molar refractivity (Wildman–Crippen MR) is 112 cm³/mol. The van der Waals surface area contributed by atoms with Crippen molar-refractivity contribution < 1.29 is 14.0 Å². The molecule has 1 aromatic rings. The van der Waals surface area contributed by atoms with Gasteiger partial charge in [-0.15, -0.1) is 24.8 Å². The second kappa shape index (κ2) is 8.97. The number of Topliss-reactive ketones (excluding diaryl/α,β-unsaturated/α-hetero) is 1. The summed E-state index contributed by atoms with van der Waals surface area (Å²) in [5.41, 5.74) is 1.16. The normalized spacial score (nSPS) is 22.9. The summed E-state index contributed by atoms with van der Waals surface area (Å²) in [6, 6.07) is 4.65. The number of carbonyl (C=O) groups excluding carboxylic acids is 2. The number of piperazine rings is 1. The van der Waals surface area contributed by atoms with Gasteiger partial charge < -0.3 is 15.1 Å². The van der Waals surface area contributed by atoms with Crippen molar-refractivity contribution in [3.8, 4) is 0 Å². The van der Waals surface area contributed by atoms with Crippen molar-refractivity contribution in [3.63, 3.8) is 0 Å². The minimum Gasteiger partial charge on any atom is -0.366 e. The van der Waals surface area contributed by atoms with Crippen LogP contribution in [0.5, 0.6) is 0 Å². The lowest BCUT2D eigenvalue weighted by molar-refractivity contribution is -0.133. The number of ketones is 1. The first-order chi connectivity index (χ1) is 12.5. The molecule has 2 aliphatic heterocycles. The van der Waals surface area contributed by atoms with Gasteiger partial charge in [0.25, 0.3) is 0 Å². The third kappa shape index (κ3) is 4.29. The number of halogens is 3. The molecule has 1 atom stereocenters.